The van der Waals surface area contributed by atoms with Gasteiger partial charge in [0.15, 0.2) is 5.82 Å². The standard InChI is InChI=1S/C28H30N10/c1-15-19(12-32-26-16(2)28(3,4)35-25(15)26)21-9-17-10-22(31-13-20(17)27(29)33-21)34-23-11-18-5-7-37-8-6-30-24(37)14-38(18)36-23/h6,8-13,16,35H,5,7,14H2,1-4H3,(H2,29,33)(H,31,34,36)/t16-/m0/s1. The minimum atomic E-state index is -0.0485. The first kappa shape index (κ1) is 22.7. The van der Waals surface area contributed by atoms with Crippen molar-refractivity contribution in [3.63, 3.8) is 0 Å². The molecular weight excluding hydrogens is 476 g/mol. The van der Waals surface area contributed by atoms with Crippen LogP contribution in [-0.2, 0) is 19.5 Å². The molecule has 0 unspecified atom stereocenters. The minimum Gasteiger partial charge on any atom is -0.383 e. The molecule has 7 heterocycles. The molecule has 5 aromatic rings. The predicted molar refractivity (Wildman–Crippen MR) is 149 cm³/mol. The summed E-state index contributed by atoms with van der Waals surface area (Å²) in [5.41, 5.74) is 12.6. The third-order valence-electron chi connectivity index (χ3n) is 8.15. The lowest BCUT2D eigenvalue weighted by Gasteiger charge is -2.24. The largest absolute Gasteiger partial charge is 0.383 e. The fourth-order valence-electron chi connectivity index (χ4n) is 5.57. The van der Waals surface area contributed by atoms with Crippen LogP contribution >= 0.6 is 0 Å². The number of nitrogens with one attached hydrogen (secondary N) is 2. The molecule has 0 bridgehead atoms. The maximum atomic E-state index is 6.40. The number of aryl methyl sites for hydroxylation is 2. The van der Waals surface area contributed by atoms with E-state index in [4.69, 9.17) is 20.8 Å². The van der Waals surface area contributed by atoms with Gasteiger partial charge in [-0.05, 0) is 43.9 Å². The van der Waals surface area contributed by atoms with Crippen LogP contribution in [0.25, 0.3) is 22.0 Å². The lowest BCUT2D eigenvalue weighted by molar-refractivity contribution is 0.496. The number of nitrogens with two attached hydrogens (primary N) is 1. The third-order valence-corrected chi connectivity index (χ3v) is 8.15. The zero-order valence-electron chi connectivity index (χ0n) is 21.9. The van der Waals surface area contributed by atoms with E-state index in [9.17, 15) is 0 Å². The van der Waals surface area contributed by atoms with E-state index in [-0.39, 0.29) is 5.54 Å². The topological polar surface area (TPSA) is 124 Å². The van der Waals surface area contributed by atoms with Crippen LogP contribution in [0.5, 0.6) is 0 Å². The van der Waals surface area contributed by atoms with Crippen molar-refractivity contribution in [1.82, 2.24) is 34.3 Å². The van der Waals surface area contributed by atoms with Crippen molar-refractivity contribution in [2.24, 2.45) is 0 Å². The Hall–Kier alpha value is -4.47. The number of pyridine rings is 3. The number of hydrogen-bond donors (Lipinski definition) is 3. The summed E-state index contributed by atoms with van der Waals surface area (Å²) in [5, 5.41) is 13.6. The highest BCUT2D eigenvalue weighted by Crippen LogP contribution is 2.44. The highest BCUT2D eigenvalue weighted by molar-refractivity contribution is 5.95. The first-order chi connectivity index (χ1) is 18.3. The van der Waals surface area contributed by atoms with Crippen LogP contribution in [0.1, 0.15) is 49.5 Å². The second-order valence-electron chi connectivity index (χ2n) is 10.9. The first-order valence-electron chi connectivity index (χ1n) is 12.9. The van der Waals surface area contributed by atoms with Gasteiger partial charge in [0.05, 0.1) is 23.6 Å². The molecule has 5 aromatic heterocycles. The van der Waals surface area contributed by atoms with E-state index >= 15 is 0 Å². The van der Waals surface area contributed by atoms with E-state index in [0.29, 0.717) is 24.1 Å². The summed E-state index contributed by atoms with van der Waals surface area (Å²) in [6.45, 7) is 10.3. The molecule has 38 heavy (non-hydrogen) atoms. The molecule has 1 atom stereocenters. The number of anilines is 4. The summed E-state index contributed by atoms with van der Waals surface area (Å²) < 4.78 is 4.19. The van der Waals surface area contributed by atoms with Gasteiger partial charge in [0, 0.05) is 71.9 Å². The highest BCUT2D eigenvalue weighted by Gasteiger charge is 2.38. The maximum absolute atomic E-state index is 6.40. The molecule has 2 aliphatic rings. The van der Waals surface area contributed by atoms with Gasteiger partial charge in [0.25, 0.3) is 0 Å². The summed E-state index contributed by atoms with van der Waals surface area (Å²) >= 11 is 0. The van der Waals surface area contributed by atoms with Gasteiger partial charge in [0.1, 0.15) is 17.5 Å². The Bertz CT molecular complexity index is 1730. The molecule has 0 spiro atoms. The van der Waals surface area contributed by atoms with Crippen molar-refractivity contribution in [1.29, 1.82) is 0 Å². The monoisotopic (exact) mass is 506 g/mol. The van der Waals surface area contributed by atoms with Crippen molar-refractivity contribution in [2.75, 3.05) is 16.4 Å². The van der Waals surface area contributed by atoms with Gasteiger partial charge >= 0.3 is 0 Å². The van der Waals surface area contributed by atoms with Crippen LogP contribution < -0.4 is 16.4 Å². The molecule has 0 amide bonds. The SMILES string of the molecule is Cc1c(-c2cc3cc(Nc4cc5n(n4)Cc4nccn4CC5)ncc3c(N)n2)cnc2c1NC(C)(C)[C@H]2C. The van der Waals surface area contributed by atoms with Crippen LogP contribution in [0, 0.1) is 6.92 Å². The number of nitrogen functional groups attached to an aromatic ring is 1. The molecular formula is C28H30N10. The first-order valence-corrected chi connectivity index (χ1v) is 12.9. The molecule has 10 heteroatoms. The number of rotatable bonds is 3. The number of hydrogen-bond acceptors (Lipinski definition) is 8. The second-order valence-corrected chi connectivity index (χ2v) is 10.9. The Labute approximate surface area is 220 Å². The van der Waals surface area contributed by atoms with Gasteiger partial charge < -0.3 is 20.9 Å². The Kier molecular flexibility index (Phi) is 4.79. The molecule has 192 valence electrons. The average molecular weight is 507 g/mol. The van der Waals surface area contributed by atoms with E-state index in [2.05, 4.69) is 65.0 Å². The van der Waals surface area contributed by atoms with Crippen LogP contribution in [0.15, 0.2) is 43.0 Å². The molecule has 0 saturated carbocycles. The van der Waals surface area contributed by atoms with Crippen molar-refractivity contribution in [2.45, 2.75) is 58.7 Å². The molecule has 7 rings (SSSR count). The van der Waals surface area contributed by atoms with Gasteiger partial charge in [0.2, 0.25) is 0 Å². The third kappa shape index (κ3) is 3.51. The van der Waals surface area contributed by atoms with Crippen molar-refractivity contribution in [3.8, 4) is 11.3 Å². The summed E-state index contributed by atoms with van der Waals surface area (Å²) in [6.07, 6.45) is 8.45. The molecule has 0 aromatic carbocycles. The molecule has 10 nitrogen and oxygen atoms in total. The quantitative estimate of drug-likeness (QED) is 0.323. The van der Waals surface area contributed by atoms with E-state index in [1.165, 1.54) is 5.69 Å². The normalized spacial score (nSPS) is 17.4. The van der Waals surface area contributed by atoms with Crippen LogP contribution in [0.2, 0.25) is 0 Å². The lowest BCUT2D eigenvalue weighted by atomic mass is 9.90. The van der Waals surface area contributed by atoms with Crippen LogP contribution in [0.3, 0.4) is 0 Å². The molecule has 0 fully saturated rings. The van der Waals surface area contributed by atoms with E-state index in [1.807, 2.05) is 29.3 Å². The summed E-state index contributed by atoms with van der Waals surface area (Å²) in [4.78, 5) is 18.6. The van der Waals surface area contributed by atoms with Gasteiger partial charge in [-0.25, -0.2) is 15.0 Å². The Morgan fingerprint density at radius 3 is 2.84 bits per heavy atom. The van der Waals surface area contributed by atoms with Crippen LogP contribution in [-0.4, -0.2) is 39.8 Å². The maximum Gasteiger partial charge on any atom is 0.153 e. The zero-order valence-corrected chi connectivity index (χ0v) is 21.9. The second kappa shape index (κ2) is 8.01. The predicted octanol–water partition coefficient (Wildman–Crippen LogP) is 4.63. The van der Waals surface area contributed by atoms with Gasteiger partial charge in [-0.15, -0.1) is 0 Å². The van der Waals surface area contributed by atoms with Crippen LogP contribution in [0.4, 0.5) is 23.1 Å². The molecule has 4 N–H and O–H groups in total. The number of aromatic nitrogens is 7. The minimum absolute atomic E-state index is 0.0485. The highest BCUT2D eigenvalue weighted by atomic mass is 15.3. The molecule has 2 aliphatic heterocycles. The fourth-order valence-corrected chi connectivity index (χ4v) is 5.57. The summed E-state index contributed by atoms with van der Waals surface area (Å²) in [5.74, 6) is 3.24. The van der Waals surface area contributed by atoms with Gasteiger partial charge in [-0.1, -0.05) is 6.92 Å². The summed E-state index contributed by atoms with van der Waals surface area (Å²) in [7, 11) is 0. The molecule has 0 radical (unpaired) electrons. The number of fused-ring (bicyclic) bond motifs is 4. The molecule has 0 aliphatic carbocycles. The fraction of sp³-hybridized carbons (Fsp3) is 0.321. The summed E-state index contributed by atoms with van der Waals surface area (Å²) in [6, 6.07) is 6.13. The zero-order chi connectivity index (χ0) is 26.2. The average Bonchev–Trinajstić information content (AvgIpc) is 3.52. The Morgan fingerprint density at radius 2 is 1.97 bits per heavy atom. The number of imidazole rings is 1. The molecule has 0 saturated heterocycles. The van der Waals surface area contributed by atoms with Crippen molar-refractivity contribution < 1.29 is 0 Å². The van der Waals surface area contributed by atoms with Gasteiger partial charge in [-0.3, -0.25) is 9.67 Å². The van der Waals surface area contributed by atoms with E-state index < -0.39 is 0 Å². The lowest BCUT2D eigenvalue weighted by Crippen LogP contribution is -2.30. The van der Waals surface area contributed by atoms with Crippen molar-refractivity contribution in [3.05, 3.63) is 65.8 Å². The van der Waals surface area contributed by atoms with Crippen molar-refractivity contribution >= 4 is 33.9 Å². The van der Waals surface area contributed by atoms with E-state index in [0.717, 1.165) is 63.6 Å². The number of nitrogens with zero attached hydrogens (tertiary/aromatic N) is 7. The van der Waals surface area contributed by atoms with Gasteiger partial charge in [-0.2, -0.15) is 5.10 Å². The Morgan fingerprint density at radius 1 is 1.11 bits per heavy atom. The Balaban J connectivity index is 1.22. The smallest absolute Gasteiger partial charge is 0.153 e. The van der Waals surface area contributed by atoms with E-state index in [1.54, 1.807) is 6.20 Å².